The second-order valence-corrected chi connectivity index (χ2v) is 8.29. The maximum absolute atomic E-state index is 12.5. The van der Waals surface area contributed by atoms with Crippen LogP contribution < -0.4 is 5.32 Å². The Hall–Kier alpha value is -2.71. The number of aryl methyl sites for hydroxylation is 1. The highest BCUT2D eigenvalue weighted by Crippen LogP contribution is 2.18. The van der Waals surface area contributed by atoms with Crippen LogP contribution in [0.25, 0.3) is 0 Å². The number of benzene rings is 2. The summed E-state index contributed by atoms with van der Waals surface area (Å²) in [4.78, 5) is 24.0. The van der Waals surface area contributed by atoms with Crippen molar-refractivity contribution in [1.29, 1.82) is 0 Å². The second kappa shape index (κ2) is 8.32. The molecule has 1 N–H and O–H groups in total. The fraction of sp³-hybridized carbons (Fsp3) is 0.263. The fourth-order valence-electron chi connectivity index (χ4n) is 2.37. The van der Waals surface area contributed by atoms with E-state index in [-0.39, 0.29) is 17.3 Å². The highest BCUT2D eigenvalue weighted by Gasteiger charge is 2.20. The summed E-state index contributed by atoms with van der Waals surface area (Å²) in [5.41, 5.74) is 2.19. The molecule has 0 unspecified atom stereocenters. The quantitative estimate of drug-likeness (QED) is 0.761. The van der Waals surface area contributed by atoms with E-state index in [0.29, 0.717) is 16.7 Å². The van der Waals surface area contributed by atoms with E-state index in [0.717, 1.165) is 9.87 Å². The zero-order valence-electron chi connectivity index (χ0n) is 15.6. The van der Waals surface area contributed by atoms with Crippen LogP contribution in [0.4, 0.5) is 0 Å². The molecule has 0 heterocycles. The fourth-order valence-corrected chi connectivity index (χ4v) is 3.30. The van der Waals surface area contributed by atoms with Gasteiger partial charge in [0.1, 0.15) is 0 Å². The van der Waals surface area contributed by atoms with Gasteiger partial charge in [0.05, 0.1) is 17.6 Å². The van der Waals surface area contributed by atoms with Crippen molar-refractivity contribution in [1.82, 2.24) is 9.62 Å². The van der Waals surface area contributed by atoms with Crippen LogP contribution >= 0.6 is 0 Å². The number of nitrogens with one attached hydrogen (secondary N) is 1. The first-order valence-electron chi connectivity index (χ1n) is 8.15. The molecule has 0 aliphatic rings. The molecule has 2 rings (SSSR count). The standard InChI is InChI=1S/C19H22N2O5S/c1-13-5-10-16(27(24,25)21(2)3)11-17(13)18(22)20-12-14-6-8-15(9-7-14)19(23)26-4/h5-11H,12H2,1-4H3,(H,20,22). The molecule has 0 aromatic heterocycles. The third-order valence-corrected chi connectivity index (χ3v) is 5.87. The topological polar surface area (TPSA) is 92.8 Å². The van der Waals surface area contributed by atoms with Crippen LogP contribution in [-0.2, 0) is 21.3 Å². The highest BCUT2D eigenvalue weighted by molar-refractivity contribution is 7.89. The molecule has 2 aromatic carbocycles. The zero-order valence-corrected chi connectivity index (χ0v) is 16.5. The predicted molar refractivity (Wildman–Crippen MR) is 101 cm³/mol. The van der Waals surface area contributed by atoms with Gasteiger partial charge in [-0.05, 0) is 42.3 Å². The number of rotatable bonds is 6. The molecule has 144 valence electrons. The first-order valence-corrected chi connectivity index (χ1v) is 9.59. The summed E-state index contributed by atoms with van der Waals surface area (Å²) in [7, 11) is 0.561. The third-order valence-electron chi connectivity index (χ3n) is 4.06. The summed E-state index contributed by atoms with van der Waals surface area (Å²) in [5.74, 6) is -0.805. The molecule has 27 heavy (non-hydrogen) atoms. The van der Waals surface area contributed by atoms with Crippen LogP contribution in [0.2, 0.25) is 0 Å². The van der Waals surface area contributed by atoms with Gasteiger partial charge in [-0.1, -0.05) is 18.2 Å². The number of esters is 1. The van der Waals surface area contributed by atoms with Gasteiger partial charge in [-0.15, -0.1) is 0 Å². The monoisotopic (exact) mass is 390 g/mol. The van der Waals surface area contributed by atoms with Gasteiger partial charge in [0.15, 0.2) is 0 Å². The molecule has 0 spiro atoms. The number of methoxy groups -OCH3 is 1. The molecular formula is C19H22N2O5S. The van der Waals surface area contributed by atoms with E-state index in [2.05, 4.69) is 10.1 Å². The maximum Gasteiger partial charge on any atom is 0.337 e. The predicted octanol–water partition coefficient (Wildman–Crippen LogP) is 1.96. The van der Waals surface area contributed by atoms with Crippen molar-refractivity contribution in [3.05, 3.63) is 64.7 Å². The van der Waals surface area contributed by atoms with E-state index in [1.54, 1.807) is 37.3 Å². The third kappa shape index (κ3) is 4.72. The minimum absolute atomic E-state index is 0.0608. The Morgan fingerprint density at radius 2 is 1.70 bits per heavy atom. The molecule has 7 nitrogen and oxygen atoms in total. The molecule has 0 bridgehead atoms. The Morgan fingerprint density at radius 3 is 2.26 bits per heavy atom. The summed E-state index contributed by atoms with van der Waals surface area (Å²) in [6.07, 6.45) is 0. The number of carbonyl (C=O) groups excluding carboxylic acids is 2. The molecule has 0 saturated heterocycles. The van der Waals surface area contributed by atoms with Gasteiger partial charge in [0, 0.05) is 26.2 Å². The molecule has 0 fully saturated rings. The summed E-state index contributed by atoms with van der Waals surface area (Å²) < 4.78 is 30.3. The Balaban J connectivity index is 2.15. The van der Waals surface area contributed by atoms with Gasteiger partial charge in [-0.3, -0.25) is 4.79 Å². The van der Waals surface area contributed by atoms with Crippen LogP contribution in [0.3, 0.4) is 0 Å². The Kier molecular flexibility index (Phi) is 6.35. The lowest BCUT2D eigenvalue weighted by Gasteiger charge is -2.14. The van der Waals surface area contributed by atoms with Crippen molar-refractivity contribution >= 4 is 21.9 Å². The molecule has 2 aromatic rings. The molecule has 0 aliphatic heterocycles. The molecule has 0 radical (unpaired) electrons. The van der Waals surface area contributed by atoms with E-state index in [1.165, 1.54) is 33.3 Å². The lowest BCUT2D eigenvalue weighted by atomic mass is 10.1. The van der Waals surface area contributed by atoms with Crippen molar-refractivity contribution in [3.8, 4) is 0 Å². The number of hydrogen-bond acceptors (Lipinski definition) is 5. The average molecular weight is 390 g/mol. The number of nitrogens with zero attached hydrogens (tertiary/aromatic N) is 1. The largest absolute Gasteiger partial charge is 0.465 e. The summed E-state index contributed by atoms with van der Waals surface area (Å²) in [6.45, 7) is 1.98. The van der Waals surface area contributed by atoms with Crippen LogP contribution in [-0.4, -0.2) is 45.8 Å². The van der Waals surface area contributed by atoms with Crippen LogP contribution in [0, 0.1) is 6.92 Å². The zero-order chi connectivity index (χ0) is 20.2. The molecular weight excluding hydrogens is 368 g/mol. The summed E-state index contributed by atoms with van der Waals surface area (Å²) in [5, 5.41) is 2.76. The number of sulfonamides is 1. The van der Waals surface area contributed by atoms with Crippen molar-refractivity contribution in [2.45, 2.75) is 18.4 Å². The van der Waals surface area contributed by atoms with E-state index in [9.17, 15) is 18.0 Å². The number of ether oxygens (including phenoxy) is 1. The van der Waals surface area contributed by atoms with Gasteiger partial charge in [0.2, 0.25) is 10.0 Å². The van der Waals surface area contributed by atoms with Crippen molar-refractivity contribution in [2.24, 2.45) is 0 Å². The van der Waals surface area contributed by atoms with E-state index < -0.39 is 16.0 Å². The van der Waals surface area contributed by atoms with Gasteiger partial charge >= 0.3 is 5.97 Å². The van der Waals surface area contributed by atoms with Gasteiger partial charge in [-0.2, -0.15) is 0 Å². The highest BCUT2D eigenvalue weighted by atomic mass is 32.2. The van der Waals surface area contributed by atoms with Crippen LogP contribution in [0.1, 0.15) is 31.8 Å². The van der Waals surface area contributed by atoms with Gasteiger partial charge in [-0.25, -0.2) is 17.5 Å². The van der Waals surface area contributed by atoms with Crippen molar-refractivity contribution in [2.75, 3.05) is 21.2 Å². The molecule has 0 saturated carbocycles. The van der Waals surface area contributed by atoms with E-state index in [1.807, 2.05) is 0 Å². The first-order chi connectivity index (χ1) is 12.7. The van der Waals surface area contributed by atoms with E-state index >= 15 is 0 Å². The molecule has 0 atom stereocenters. The van der Waals surface area contributed by atoms with Crippen molar-refractivity contribution in [3.63, 3.8) is 0 Å². The molecule has 1 amide bonds. The normalized spacial score (nSPS) is 11.3. The lowest BCUT2D eigenvalue weighted by Crippen LogP contribution is -2.25. The van der Waals surface area contributed by atoms with Crippen LogP contribution in [0.15, 0.2) is 47.4 Å². The Morgan fingerprint density at radius 1 is 1.07 bits per heavy atom. The molecule has 8 heteroatoms. The number of hydrogen-bond donors (Lipinski definition) is 1. The first kappa shape index (κ1) is 20.6. The van der Waals surface area contributed by atoms with Gasteiger partial charge < -0.3 is 10.1 Å². The van der Waals surface area contributed by atoms with Crippen molar-refractivity contribution < 1.29 is 22.7 Å². The average Bonchev–Trinajstić information content (AvgIpc) is 2.65. The number of amides is 1. The van der Waals surface area contributed by atoms with E-state index in [4.69, 9.17) is 0 Å². The molecule has 0 aliphatic carbocycles. The summed E-state index contributed by atoms with van der Waals surface area (Å²) in [6, 6.07) is 11.1. The lowest BCUT2D eigenvalue weighted by molar-refractivity contribution is 0.0600. The van der Waals surface area contributed by atoms with Crippen LogP contribution in [0.5, 0.6) is 0 Å². The smallest absolute Gasteiger partial charge is 0.337 e. The second-order valence-electron chi connectivity index (χ2n) is 6.14. The maximum atomic E-state index is 12.5. The minimum atomic E-state index is -3.62. The SMILES string of the molecule is COC(=O)c1ccc(CNC(=O)c2cc(S(=O)(=O)N(C)C)ccc2C)cc1. The minimum Gasteiger partial charge on any atom is -0.465 e. The Labute approximate surface area is 159 Å². The summed E-state index contributed by atoms with van der Waals surface area (Å²) >= 11 is 0. The number of carbonyl (C=O) groups is 2. The van der Waals surface area contributed by atoms with Gasteiger partial charge in [0.25, 0.3) is 5.91 Å². The Bertz CT molecular complexity index is 951.